The molecule has 0 bridgehead atoms. The summed E-state index contributed by atoms with van der Waals surface area (Å²) in [5.74, 6) is 1.24. The molecule has 1 saturated heterocycles. The second-order valence-corrected chi connectivity index (χ2v) is 7.51. The number of phenols is 1. The van der Waals surface area contributed by atoms with Crippen LogP contribution in [0, 0.1) is 13.8 Å². The van der Waals surface area contributed by atoms with Crippen LogP contribution in [0.25, 0.3) is 0 Å². The monoisotopic (exact) mass is 380 g/mol. The molecule has 0 saturated carbocycles. The van der Waals surface area contributed by atoms with Gasteiger partial charge < -0.3 is 20.6 Å². The maximum Gasteiger partial charge on any atom is 0.191 e. The van der Waals surface area contributed by atoms with Crippen molar-refractivity contribution in [2.45, 2.75) is 46.2 Å². The van der Waals surface area contributed by atoms with Gasteiger partial charge in [0.25, 0.3) is 0 Å². The van der Waals surface area contributed by atoms with Crippen LogP contribution in [0.15, 0.2) is 47.5 Å². The Labute approximate surface area is 168 Å². The van der Waals surface area contributed by atoms with Crippen molar-refractivity contribution < 1.29 is 5.11 Å². The van der Waals surface area contributed by atoms with Crippen molar-refractivity contribution in [2.75, 3.05) is 24.5 Å². The summed E-state index contributed by atoms with van der Waals surface area (Å²) in [5.41, 5.74) is 4.22. The molecule has 0 unspecified atom stereocenters. The normalized spacial score (nSPS) is 15.5. The van der Waals surface area contributed by atoms with Crippen molar-refractivity contribution in [3.8, 4) is 5.75 Å². The van der Waals surface area contributed by atoms with Gasteiger partial charge in [0.15, 0.2) is 5.96 Å². The van der Waals surface area contributed by atoms with E-state index in [1.54, 1.807) is 0 Å². The van der Waals surface area contributed by atoms with E-state index in [2.05, 4.69) is 52.8 Å². The summed E-state index contributed by atoms with van der Waals surface area (Å²) < 4.78 is 0. The Morgan fingerprint density at radius 1 is 1.11 bits per heavy atom. The Bertz CT molecular complexity index is 772. The Morgan fingerprint density at radius 3 is 2.36 bits per heavy atom. The average molecular weight is 381 g/mol. The van der Waals surface area contributed by atoms with E-state index in [1.165, 1.54) is 5.69 Å². The molecule has 0 aliphatic carbocycles. The van der Waals surface area contributed by atoms with Crippen molar-refractivity contribution in [3.63, 3.8) is 0 Å². The molecule has 5 heteroatoms. The first-order chi connectivity index (χ1) is 13.6. The molecule has 2 aromatic carbocycles. The molecule has 2 aromatic rings. The molecule has 28 heavy (non-hydrogen) atoms. The first-order valence-electron chi connectivity index (χ1n) is 10.2. The minimum atomic E-state index is 0.378. The van der Waals surface area contributed by atoms with Crippen LogP contribution in [0.2, 0.25) is 0 Å². The Hall–Kier alpha value is -2.69. The van der Waals surface area contributed by atoms with E-state index in [4.69, 9.17) is 4.99 Å². The summed E-state index contributed by atoms with van der Waals surface area (Å²) >= 11 is 0. The molecule has 3 N–H and O–H groups in total. The van der Waals surface area contributed by atoms with E-state index in [0.29, 0.717) is 18.3 Å². The van der Waals surface area contributed by atoms with E-state index in [1.807, 2.05) is 26.0 Å². The number of nitrogens with one attached hydrogen (secondary N) is 2. The number of guanidine groups is 1. The minimum absolute atomic E-state index is 0.378. The molecule has 3 rings (SSSR count). The SMILES string of the molecule is CCNC(=NCc1cc(C)c(O)c(C)c1)NC1CCN(c2ccccc2)CC1. The van der Waals surface area contributed by atoms with Crippen LogP contribution in [-0.4, -0.2) is 36.7 Å². The van der Waals surface area contributed by atoms with Gasteiger partial charge in [0.2, 0.25) is 0 Å². The first kappa shape index (κ1) is 20.1. The molecule has 1 fully saturated rings. The fraction of sp³-hybridized carbons (Fsp3) is 0.435. The second-order valence-electron chi connectivity index (χ2n) is 7.51. The van der Waals surface area contributed by atoms with Gasteiger partial charge in [-0.25, -0.2) is 4.99 Å². The number of nitrogens with zero attached hydrogens (tertiary/aromatic N) is 2. The molecule has 0 radical (unpaired) electrons. The summed E-state index contributed by atoms with van der Waals surface area (Å²) in [4.78, 5) is 7.21. The van der Waals surface area contributed by atoms with E-state index < -0.39 is 0 Å². The Balaban J connectivity index is 1.58. The number of aromatic hydroxyl groups is 1. The molecule has 1 heterocycles. The summed E-state index contributed by atoms with van der Waals surface area (Å²) in [6.45, 7) is 9.49. The zero-order valence-corrected chi connectivity index (χ0v) is 17.2. The number of aliphatic imine (C=N–C) groups is 1. The zero-order valence-electron chi connectivity index (χ0n) is 17.2. The maximum atomic E-state index is 9.95. The Morgan fingerprint density at radius 2 is 1.75 bits per heavy atom. The van der Waals surface area contributed by atoms with Gasteiger partial charge in [0.05, 0.1) is 6.54 Å². The average Bonchev–Trinajstić information content (AvgIpc) is 2.71. The van der Waals surface area contributed by atoms with Crippen LogP contribution in [-0.2, 0) is 6.54 Å². The van der Waals surface area contributed by atoms with E-state index in [-0.39, 0.29) is 0 Å². The minimum Gasteiger partial charge on any atom is -0.507 e. The van der Waals surface area contributed by atoms with Crippen molar-refractivity contribution >= 4 is 11.6 Å². The highest BCUT2D eigenvalue weighted by Crippen LogP contribution is 2.23. The number of piperidine rings is 1. The molecule has 0 atom stereocenters. The molecule has 1 aliphatic rings. The lowest BCUT2D eigenvalue weighted by Gasteiger charge is -2.34. The number of para-hydroxylation sites is 1. The highest BCUT2D eigenvalue weighted by molar-refractivity contribution is 5.80. The predicted molar refractivity (Wildman–Crippen MR) is 117 cm³/mol. The molecule has 5 nitrogen and oxygen atoms in total. The molecule has 150 valence electrons. The number of phenolic OH excluding ortho intramolecular Hbond substituents is 1. The second kappa shape index (κ2) is 9.49. The highest BCUT2D eigenvalue weighted by atomic mass is 16.3. The van der Waals surface area contributed by atoms with Crippen LogP contribution >= 0.6 is 0 Å². The van der Waals surface area contributed by atoms with Crippen LogP contribution in [0.3, 0.4) is 0 Å². The maximum absolute atomic E-state index is 9.95. The number of anilines is 1. The largest absolute Gasteiger partial charge is 0.507 e. The lowest BCUT2D eigenvalue weighted by atomic mass is 10.0. The van der Waals surface area contributed by atoms with Crippen molar-refractivity contribution in [3.05, 3.63) is 59.2 Å². The van der Waals surface area contributed by atoms with Crippen LogP contribution in [0.5, 0.6) is 5.75 Å². The fourth-order valence-electron chi connectivity index (χ4n) is 3.74. The van der Waals surface area contributed by atoms with Gasteiger partial charge >= 0.3 is 0 Å². The fourth-order valence-corrected chi connectivity index (χ4v) is 3.74. The molecular formula is C23H32N4O. The molecule has 1 aliphatic heterocycles. The summed E-state index contributed by atoms with van der Waals surface area (Å²) in [7, 11) is 0. The third-order valence-electron chi connectivity index (χ3n) is 5.27. The number of benzene rings is 2. The van der Waals surface area contributed by atoms with Gasteiger partial charge in [-0.15, -0.1) is 0 Å². The lowest BCUT2D eigenvalue weighted by Crippen LogP contribution is -2.48. The van der Waals surface area contributed by atoms with Gasteiger partial charge in [0.1, 0.15) is 5.75 Å². The number of hydrogen-bond acceptors (Lipinski definition) is 3. The molecule has 0 spiro atoms. The van der Waals surface area contributed by atoms with Gasteiger partial charge in [-0.05, 0) is 62.4 Å². The first-order valence-corrected chi connectivity index (χ1v) is 10.2. The third-order valence-corrected chi connectivity index (χ3v) is 5.27. The highest BCUT2D eigenvalue weighted by Gasteiger charge is 2.20. The third kappa shape index (κ3) is 5.18. The topological polar surface area (TPSA) is 59.9 Å². The summed E-state index contributed by atoms with van der Waals surface area (Å²) in [6, 6.07) is 15.1. The summed E-state index contributed by atoms with van der Waals surface area (Å²) in [5, 5.41) is 16.9. The van der Waals surface area contributed by atoms with Crippen molar-refractivity contribution in [1.82, 2.24) is 10.6 Å². The van der Waals surface area contributed by atoms with E-state index in [9.17, 15) is 5.11 Å². The van der Waals surface area contributed by atoms with Crippen LogP contribution in [0.4, 0.5) is 5.69 Å². The number of rotatable bonds is 5. The molecular weight excluding hydrogens is 348 g/mol. The van der Waals surface area contributed by atoms with Gasteiger partial charge in [-0.2, -0.15) is 0 Å². The number of hydrogen-bond donors (Lipinski definition) is 3. The lowest BCUT2D eigenvalue weighted by molar-refractivity contribution is 0.461. The predicted octanol–water partition coefficient (Wildman–Crippen LogP) is 3.73. The molecule has 0 amide bonds. The molecule has 0 aromatic heterocycles. The number of aryl methyl sites for hydroxylation is 2. The van der Waals surface area contributed by atoms with Gasteiger partial charge in [0, 0.05) is 31.4 Å². The van der Waals surface area contributed by atoms with E-state index in [0.717, 1.165) is 55.1 Å². The zero-order chi connectivity index (χ0) is 19.9. The van der Waals surface area contributed by atoms with E-state index >= 15 is 0 Å². The quantitative estimate of drug-likeness (QED) is 0.546. The smallest absolute Gasteiger partial charge is 0.191 e. The van der Waals surface area contributed by atoms with Gasteiger partial charge in [-0.3, -0.25) is 0 Å². The standard InChI is InChI=1S/C23H32N4O/c1-4-24-23(25-16-19-14-17(2)22(28)18(3)15-19)26-20-10-12-27(13-11-20)21-8-6-5-7-9-21/h5-9,14-15,20,28H,4,10-13,16H2,1-3H3,(H2,24,25,26). The van der Waals surface area contributed by atoms with Crippen LogP contribution < -0.4 is 15.5 Å². The van der Waals surface area contributed by atoms with Crippen molar-refractivity contribution in [2.24, 2.45) is 4.99 Å². The summed E-state index contributed by atoms with van der Waals surface area (Å²) in [6.07, 6.45) is 2.19. The van der Waals surface area contributed by atoms with Crippen LogP contribution in [0.1, 0.15) is 36.5 Å². The Kier molecular flexibility index (Phi) is 6.80. The van der Waals surface area contributed by atoms with Crippen molar-refractivity contribution in [1.29, 1.82) is 0 Å². The van der Waals surface area contributed by atoms with Gasteiger partial charge in [-0.1, -0.05) is 30.3 Å².